The molecule has 142 valence electrons. The van der Waals surface area contributed by atoms with Crippen LogP contribution in [0.4, 0.5) is 0 Å². The number of nitrogens with zero attached hydrogens (tertiary/aromatic N) is 4. The van der Waals surface area contributed by atoms with E-state index in [4.69, 9.17) is 4.52 Å². The van der Waals surface area contributed by atoms with Gasteiger partial charge in [0.25, 0.3) is 0 Å². The fraction of sp³-hybridized carbons (Fsp3) is 0.789. The van der Waals surface area contributed by atoms with E-state index in [1.54, 1.807) is 6.92 Å². The van der Waals surface area contributed by atoms with E-state index in [0.717, 1.165) is 51.0 Å². The highest BCUT2D eigenvalue weighted by Gasteiger charge is 2.37. The molecule has 1 aliphatic heterocycles. The van der Waals surface area contributed by atoms with Gasteiger partial charge >= 0.3 is 0 Å². The zero-order valence-corrected chi connectivity index (χ0v) is 15.5. The van der Waals surface area contributed by atoms with Gasteiger partial charge in [-0.15, -0.1) is 0 Å². The SMILES string of the molecule is CC(=O)N(CCc1noc(C2CCC2)n1)C1CCCN(C(=O)C2CC2)C1. The molecule has 0 bridgehead atoms. The monoisotopic (exact) mass is 360 g/mol. The van der Waals surface area contributed by atoms with Crippen LogP contribution in [0.15, 0.2) is 4.52 Å². The van der Waals surface area contributed by atoms with Crippen molar-refractivity contribution in [2.24, 2.45) is 5.92 Å². The molecule has 1 aromatic rings. The van der Waals surface area contributed by atoms with Crippen LogP contribution in [0.5, 0.6) is 0 Å². The van der Waals surface area contributed by atoms with E-state index in [0.29, 0.717) is 31.3 Å². The van der Waals surface area contributed by atoms with Gasteiger partial charge in [-0.2, -0.15) is 4.98 Å². The van der Waals surface area contributed by atoms with E-state index in [1.807, 2.05) is 9.80 Å². The number of carbonyl (C=O) groups is 2. The van der Waals surface area contributed by atoms with Gasteiger partial charge < -0.3 is 14.3 Å². The number of amides is 2. The molecule has 2 amide bonds. The molecule has 2 heterocycles. The molecule has 0 radical (unpaired) electrons. The van der Waals surface area contributed by atoms with Gasteiger partial charge in [0.1, 0.15) is 0 Å². The second-order valence-electron chi connectivity index (χ2n) is 7.99. The van der Waals surface area contributed by atoms with Gasteiger partial charge in [0, 0.05) is 50.9 Å². The summed E-state index contributed by atoms with van der Waals surface area (Å²) in [5, 5.41) is 4.08. The summed E-state index contributed by atoms with van der Waals surface area (Å²) in [6, 6.07) is 0.0990. The summed E-state index contributed by atoms with van der Waals surface area (Å²) in [7, 11) is 0. The molecule has 3 fully saturated rings. The molecule has 7 heteroatoms. The summed E-state index contributed by atoms with van der Waals surface area (Å²) < 4.78 is 5.37. The predicted octanol–water partition coefficient (Wildman–Crippen LogP) is 2.13. The Morgan fingerprint density at radius 2 is 2.00 bits per heavy atom. The van der Waals surface area contributed by atoms with E-state index in [1.165, 1.54) is 6.42 Å². The van der Waals surface area contributed by atoms with Crippen LogP contribution < -0.4 is 0 Å². The van der Waals surface area contributed by atoms with Crippen LogP contribution in [-0.4, -0.2) is 57.4 Å². The van der Waals surface area contributed by atoms with Crippen LogP contribution in [0.25, 0.3) is 0 Å². The van der Waals surface area contributed by atoms with Crippen LogP contribution in [0, 0.1) is 5.92 Å². The number of piperidine rings is 1. The standard InChI is InChI=1S/C19H28N4O3/c1-13(24)23(11-9-17-20-18(26-21-17)14-4-2-5-14)16-6-3-10-22(12-16)19(25)15-7-8-15/h14-16H,2-12H2,1H3. The fourth-order valence-electron chi connectivity index (χ4n) is 4.01. The molecule has 0 spiro atoms. The van der Waals surface area contributed by atoms with Crippen LogP contribution in [0.1, 0.15) is 69.5 Å². The molecule has 7 nitrogen and oxygen atoms in total. The quantitative estimate of drug-likeness (QED) is 0.776. The summed E-state index contributed by atoms with van der Waals surface area (Å²) in [6.45, 7) is 3.68. The van der Waals surface area contributed by atoms with Gasteiger partial charge in [0.2, 0.25) is 17.7 Å². The third kappa shape index (κ3) is 3.76. The predicted molar refractivity (Wildman–Crippen MR) is 94.3 cm³/mol. The number of hydrogen-bond donors (Lipinski definition) is 0. The Kier molecular flexibility index (Phi) is 4.96. The molecule has 2 aliphatic carbocycles. The maximum absolute atomic E-state index is 12.4. The molecule has 1 unspecified atom stereocenters. The second kappa shape index (κ2) is 7.37. The average molecular weight is 360 g/mol. The molecule has 0 N–H and O–H groups in total. The fourth-order valence-corrected chi connectivity index (χ4v) is 4.01. The van der Waals surface area contributed by atoms with Gasteiger partial charge in [-0.05, 0) is 38.5 Å². The zero-order valence-electron chi connectivity index (χ0n) is 15.5. The summed E-state index contributed by atoms with van der Waals surface area (Å²) in [4.78, 5) is 32.9. The van der Waals surface area contributed by atoms with E-state index < -0.39 is 0 Å². The Morgan fingerprint density at radius 3 is 2.65 bits per heavy atom. The number of rotatable bonds is 6. The lowest BCUT2D eigenvalue weighted by Gasteiger charge is -2.39. The highest BCUT2D eigenvalue weighted by atomic mass is 16.5. The summed E-state index contributed by atoms with van der Waals surface area (Å²) in [5.41, 5.74) is 0. The van der Waals surface area contributed by atoms with Crippen LogP contribution in [0.3, 0.4) is 0 Å². The van der Waals surface area contributed by atoms with Crippen LogP contribution in [0.2, 0.25) is 0 Å². The van der Waals surface area contributed by atoms with Crippen molar-refractivity contribution in [2.75, 3.05) is 19.6 Å². The number of likely N-dealkylation sites (tertiary alicyclic amines) is 1. The van der Waals surface area contributed by atoms with Crippen molar-refractivity contribution in [1.82, 2.24) is 19.9 Å². The first-order chi connectivity index (χ1) is 12.6. The Bertz CT molecular complexity index is 665. The van der Waals surface area contributed by atoms with E-state index in [2.05, 4.69) is 10.1 Å². The van der Waals surface area contributed by atoms with Crippen molar-refractivity contribution in [3.8, 4) is 0 Å². The molecular formula is C19H28N4O3. The van der Waals surface area contributed by atoms with E-state index in [9.17, 15) is 9.59 Å². The van der Waals surface area contributed by atoms with E-state index >= 15 is 0 Å². The van der Waals surface area contributed by atoms with Gasteiger partial charge in [-0.3, -0.25) is 9.59 Å². The second-order valence-corrected chi connectivity index (χ2v) is 7.99. The highest BCUT2D eigenvalue weighted by molar-refractivity contribution is 5.81. The minimum atomic E-state index is 0.0541. The van der Waals surface area contributed by atoms with E-state index in [-0.39, 0.29) is 23.8 Å². The van der Waals surface area contributed by atoms with Gasteiger partial charge in [-0.25, -0.2) is 0 Å². The molecule has 0 aromatic carbocycles. The lowest BCUT2D eigenvalue weighted by Crippen LogP contribution is -2.52. The third-order valence-corrected chi connectivity index (χ3v) is 5.99. The number of carbonyl (C=O) groups excluding carboxylic acids is 2. The molecule has 1 atom stereocenters. The maximum Gasteiger partial charge on any atom is 0.229 e. The molecule has 1 aromatic heterocycles. The summed E-state index contributed by atoms with van der Waals surface area (Å²) >= 11 is 0. The average Bonchev–Trinajstić information content (AvgIpc) is 3.34. The first kappa shape index (κ1) is 17.5. The molecular weight excluding hydrogens is 332 g/mol. The lowest BCUT2D eigenvalue weighted by molar-refractivity contribution is -0.139. The first-order valence-electron chi connectivity index (χ1n) is 10.0. The van der Waals surface area contributed by atoms with Crippen molar-refractivity contribution in [3.63, 3.8) is 0 Å². The highest BCUT2D eigenvalue weighted by Crippen LogP contribution is 2.35. The maximum atomic E-state index is 12.4. The van der Waals surface area contributed by atoms with Gasteiger partial charge in [0.05, 0.1) is 0 Å². The molecule has 2 saturated carbocycles. The summed E-state index contributed by atoms with van der Waals surface area (Å²) in [5.74, 6) is 2.43. The zero-order chi connectivity index (χ0) is 18.1. The van der Waals surface area contributed by atoms with Crippen LogP contribution in [-0.2, 0) is 16.0 Å². The van der Waals surface area contributed by atoms with Crippen molar-refractivity contribution >= 4 is 11.8 Å². The Balaban J connectivity index is 1.35. The number of aromatic nitrogens is 2. The molecule has 1 saturated heterocycles. The normalized spacial score (nSPS) is 23.6. The summed E-state index contributed by atoms with van der Waals surface area (Å²) in [6.07, 6.45) is 8.06. The third-order valence-electron chi connectivity index (χ3n) is 5.99. The Labute approximate surface area is 154 Å². The molecule has 26 heavy (non-hydrogen) atoms. The van der Waals surface area contributed by atoms with Crippen molar-refractivity contribution in [2.45, 2.75) is 70.3 Å². The van der Waals surface area contributed by atoms with Gasteiger partial charge in [-0.1, -0.05) is 11.6 Å². The van der Waals surface area contributed by atoms with Crippen molar-refractivity contribution in [1.29, 1.82) is 0 Å². The number of hydrogen-bond acceptors (Lipinski definition) is 5. The molecule has 3 aliphatic rings. The smallest absolute Gasteiger partial charge is 0.229 e. The van der Waals surface area contributed by atoms with Crippen LogP contribution >= 0.6 is 0 Å². The largest absolute Gasteiger partial charge is 0.340 e. The van der Waals surface area contributed by atoms with Gasteiger partial charge in [0.15, 0.2) is 5.82 Å². The topological polar surface area (TPSA) is 79.5 Å². The Morgan fingerprint density at radius 1 is 1.19 bits per heavy atom. The first-order valence-corrected chi connectivity index (χ1v) is 10.0. The Hall–Kier alpha value is -1.92. The lowest BCUT2D eigenvalue weighted by atomic mass is 9.85. The minimum absolute atomic E-state index is 0.0541. The molecule has 4 rings (SSSR count). The van der Waals surface area contributed by atoms with Crippen molar-refractivity contribution in [3.05, 3.63) is 11.7 Å². The van der Waals surface area contributed by atoms with Crippen molar-refractivity contribution < 1.29 is 14.1 Å². The minimum Gasteiger partial charge on any atom is -0.340 e.